The standard InChI is InChI=1S/C24H25N5O/c1-16-9-10-18-19(25-16)7-4-8-20(18)28-24(30)17-11-13-29(14-12-17)15-23-26-21-5-2-3-6-22(21)27-23/h2-10,17H,11-15H2,1H3,(H,26,27)(H,28,30). The fourth-order valence-electron chi connectivity index (χ4n) is 4.25. The van der Waals surface area contributed by atoms with Gasteiger partial charge in [0.25, 0.3) is 0 Å². The second-order valence-electron chi connectivity index (χ2n) is 8.07. The number of fused-ring (bicyclic) bond motifs is 2. The monoisotopic (exact) mass is 399 g/mol. The molecule has 1 saturated heterocycles. The Hall–Kier alpha value is -3.25. The lowest BCUT2D eigenvalue weighted by atomic mass is 9.95. The predicted molar refractivity (Wildman–Crippen MR) is 119 cm³/mol. The summed E-state index contributed by atoms with van der Waals surface area (Å²) in [6.07, 6.45) is 1.71. The van der Waals surface area contributed by atoms with Crippen molar-refractivity contribution in [2.24, 2.45) is 5.92 Å². The molecule has 2 N–H and O–H groups in total. The number of pyridine rings is 1. The molecule has 0 atom stereocenters. The first-order chi connectivity index (χ1) is 14.7. The molecule has 6 heteroatoms. The highest BCUT2D eigenvalue weighted by atomic mass is 16.1. The van der Waals surface area contributed by atoms with E-state index in [1.54, 1.807) is 0 Å². The summed E-state index contributed by atoms with van der Waals surface area (Å²) in [5, 5.41) is 4.13. The van der Waals surface area contributed by atoms with E-state index in [9.17, 15) is 4.79 Å². The molecule has 0 aliphatic carbocycles. The summed E-state index contributed by atoms with van der Waals surface area (Å²) in [5.41, 5.74) is 4.80. The number of likely N-dealkylation sites (tertiary alicyclic amines) is 1. The van der Waals surface area contributed by atoms with Gasteiger partial charge in [0.1, 0.15) is 5.82 Å². The Balaban J connectivity index is 1.21. The first-order valence-electron chi connectivity index (χ1n) is 10.5. The molecule has 0 unspecified atom stereocenters. The third-order valence-corrected chi connectivity index (χ3v) is 5.90. The maximum atomic E-state index is 12.9. The smallest absolute Gasteiger partial charge is 0.227 e. The van der Waals surface area contributed by atoms with Crippen molar-refractivity contribution in [3.63, 3.8) is 0 Å². The zero-order valence-electron chi connectivity index (χ0n) is 17.1. The van der Waals surface area contributed by atoms with E-state index in [2.05, 4.69) is 25.2 Å². The number of para-hydroxylation sites is 2. The van der Waals surface area contributed by atoms with Gasteiger partial charge >= 0.3 is 0 Å². The summed E-state index contributed by atoms with van der Waals surface area (Å²) < 4.78 is 0. The number of hydrogen-bond acceptors (Lipinski definition) is 4. The van der Waals surface area contributed by atoms with Gasteiger partial charge in [-0.15, -0.1) is 0 Å². The first-order valence-corrected chi connectivity index (χ1v) is 10.5. The Kier molecular flexibility index (Phi) is 4.93. The molecule has 152 valence electrons. The molecule has 1 fully saturated rings. The third kappa shape index (κ3) is 3.78. The van der Waals surface area contributed by atoms with Crippen LogP contribution in [0, 0.1) is 12.8 Å². The molecule has 2 aromatic heterocycles. The van der Waals surface area contributed by atoms with Gasteiger partial charge in [0.05, 0.1) is 28.8 Å². The van der Waals surface area contributed by atoms with E-state index >= 15 is 0 Å². The molecule has 0 bridgehead atoms. The minimum Gasteiger partial charge on any atom is -0.341 e. The molecule has 6 nitrogen and oxygen atoms in total. The summed E-state index contributed by atoms with van der Waals surface area (Å²) in [6.45, 7) is 4.55. The van der Waals surface area contributed by atoms with Gasteiger partial charge in [0.15, 0.2) is 0 Å². The molecule has 0 radical (unpaired) electrons. The van der Waals surface area contributed by atoms with E-state index in [-0.39, 0.29) is 11.8 Å². The number of nitrogens with one attached hydrogen (secondary N) is 2. The number of amides is 1. The largest absolute Gasteiger partial charge is 0.341 e. The van der Waals surface area contributed by atoms with E-state index in [0.29, 0.717) is 0 Å². The van der Waals surface area contributed by atoms with Crippen molar-refractivity contribution in [3.05, 3.63) is 66.1 Å². The zero-order chi connectivity index (χ0) is 20.5. The molecule has 0 saturated carbocycles. The Morgan fingerprint density at radius 3 is 2.67 bits per heavy atom. The fourth-order valence-corrected chi connectivity index (χ4v) is 4.25. The van der Waals surface area contributed by atoms with Crippen LogP contribution >= 0.6 is 0 Å². The summed E-state index contributed by atoms with van der Waals surface area (Å²) in [7, 11) is 0. The van der Waals surface area contributed by atoms with Crippen molar-refractivity contribution in [3.8, 4) is 0 Å². The highest BCUT2D eigenvalue weighted by Gasteiger charge is 2.26. The SMILES string of the molecule is Cc1ccc2c(NC(=O)C3CCN(Cc4nc5ccccc5[nH]4)CC3)cccc2n1. The van der Waals surface area contributed by atoms with Crippen LogP contribution in [0.5, 0.6) is 0 Å². The van der Waals surface area contributed by atoms with Crippen molar-refractivity contribution in [1.29, 1.82) is 0 Å². The number of aryl methyl sites for hydroxylation is 1. The molecular weight excluding hydrogens is 374 g/mol. The van der Waals surface area contributed by atoms with E-state index < -0.39 is 0 Å². The van der Waals surface area contributed by atoms with Crippen LogP contribution in [0.3, 0.4) is 0 Å². The maximum absolute atomic E-state index is 12.9. The quantitative estimate of drug-likeness (QED) is 0.537. The first kappa shape index (κ1) is 18.8. The second-order valence-corrected chi connectivity index (χ2v) is 8.07. The van der Waals surface area contributed by atoms with Gasteiger partial charge in [0, 0.05) is 17.0 Å². The minimum absolute atomic E-state index is 0.0330. The van der Waals surface area contributed by atoms with Gasteiger partial charge in [-0.25, -0.2) is 4.98 Å². The van der Waals surface area contributed by atoms with Crippen LogP contribution in [0.4, 0.5) is 5.69 Å². The Morgan fingerprint density at radius 1 is 1.03 bits per heavy atom. The van der Waals surface area contributed by atoms with Crippen molar-refractivity contribution in [2.75, 3.05) is 18.4 Å². The Labute approximate surface area is 175 Å². The molecule has 1 amide bonds. The number of nitrogens with zero attached hydrogens (tertiary/aromatic N) is 3. The van der Waals surface area contributed by atoms with Gasteiger partial charge in [-0.1, -0.05) is 18.2 Å². The van der Waals surface area contributed by atoms with Crippen LogP contribution in [-0.4, -0.2) is 38.8 Å². The molecule has 2 aromatic carbocycles. The number of piperidine rings is 1. The summed E-state index contributed by atoms with van der Waals surface area (Å²) in [6, 6.07) is 18.0. The van der Waals surface area contributed by atoms with E-state index in [4.69, 9.17) is 0 Å². The lowest BCUT2D eigenvalue weighted by Crippen LogP contribution is -2.38. The van der Waals surface area contributed by atoms with E-state index in [1.165, 1.54) is 0 Å². The number of anilines is 1. The second kappa shape index (κ2) is 7.88. The molecule has 30 heavy (non-hydrogen) atoms. The van der Waals surface area contributed by atoms with Crippen LogP contribution in [0.25, 0.3) is 21.9 Å². The highest BCUT2D eigenvalue weighted by Crippen LogP contribution is 2.25. The lowest BCUT2D eigenvalue weighted by molar-refractivity contribution is -0.121. The number of aromatic nitrogens is 3. The van der Waals surface area contributed by atoms with Crippen LogP contribution in [-0.2, 0) is 11.3 Å². The lowest BCUT2D eigenvalue weighted by Gasteiger charge is -2.30. The van der Waals surface area contributed by atoms with E-state index in [1.807, 2.05) is 61.5 Å². The minimum atomic E-state index is 0.0330. The summed E-state index contributed by atoms with van der Waals surface area (Å²) >= 11 is 0. The molecule has 1 aliphatic rings. The van der Waals surface area contributed by atoms with E-state index in [0.717, 1.165) is 71.6 Å². The molecule has 5 rings (SSSR count). The number of imidazole rings is 1. The van der Waals surface area contributed by atoms with Crippen molar-refractivity contribution < 1.29 is 4.79 Å². The molecule has 1 aliphatic heterocycles. The van der Waals surface area contributed by atoms with Crippen molar-refractivity contribution in [2.45, 2.75) is 26.3 Å². The van der Waals surface area contributed by atoms with Gasteiger partial charge in [-0.3, -0.25) is 14.7 Å². The molecular formula is C24H25N5O. The van der Waals surface area contributed by atoms with Crippen LogP contribution in [0.15, 0.2) is 54.6 Å². The number of aromatic amines is 1. The maximum Gasteiger partial charge on any atom is 0.227 e. The summed E-state index contributed by atoms with van der Waals surface area (Å²) in [5.74, 6) is 1.12. The number of H-pyrrole nitrogens is 1. The highest BCUT2D eigenvalue weighted by molar-refractivity contribution is 6.01. The number of hydrogen-bond donors (Lipinski definition) is 2. The Bertz CT molecular complexity index is 1170. The van der Waals surface area contributed by atoms with Crippen LogP contribution in [0.1, 0.15) is 24.4 Å². The fraction of sp³-hybridized carbons (Fsp3) is 0.292. The molecule has 4 aromatic rings. The number of rotatable bonds is 4. The number of benzene rings is 2. The van der Waals surface area contributed by atoms with Gasteiger partial charge in [0.2, 0.25) is 5.91 Å². The average molecular weight is 399 g/mol. The van der Waals surface area contributed by atoms with Crippen molar-refractivity contribution >= 4 is 33.5 Å². The van der Waals surface area contributed by atoms with Gasteiger partial charge in [-0.2, -0.15) is 0 Å². The Morgan fingerprint density at radius 2 is 1.83 bits per heavy atom. The van der Waals surface area contributed by atoms with Crippen LogP contribution < -0.4 is 5.32 Å². The van der Waals surface area contributed by atoms with Gasteiger partial charge < -0.3 is 10.3 Å². The number of carbonyl (C=O) groups excluding carboxylic acids is 1. The van der Waals surface area contributed by atoms with Crippen LogP contribution in [0.2, 0.25) is 0 Å². The van der Waals surface area contributed by atoms with Crippen molar-refractivity contribution in [1.82, 2.24) is 19.9 Å². The third-order valence-electron chi connectivity index (χ3n) is 5.90. The normalized spacial score (nSPS) is 15.6. The summed E-state index contributed by atoms with van der Waals surface area (Å²) in [4.78, 5) is 27.9. The molecule has 0 spiro atoms. The molecule has 3 heterocycles. The topological polar surface area (TPSA) is 73.9 Å². The van der Waals surface area contributed by atoms with Gasteiger partial charge in [-0.05, 0) is 69.3 Å². The number of carbonyl (C=O) groups is 1. The zero-order valence-corrected chi connectivity index (χ0v) is 17.1. The predicted octanol–water partition coefficient (Wildman–Crippen LogP) is 4.27. The average Bonchev–Trinajstić information content (AvgIpc) is 3.16.